The van der Waals surface area contributed by atoms with E-state index in [9.17, 15) is 9.59 Å². The zero-order valence-electron chi connectivity index (χ0n) is 14.3. The Morgan fingerprint density at radius 2 is 0.889 bits per heavy atom. The molecule has 0 aliphatic carbocycles. The van der Waals surface area contributed by atoms with Crippen LogP contribution in [0.5, 0.6) is 11.5 Å². The number of carbonyl (C=O) groups excluding carboxylic acids is 2. The van der Waals surface area contributed by atoms with Crippen molar-refractivity contribution in [2.45, 2.75) is 0 Å². The van der Waals surface area contributed by atoms with E-state index in [4.69, 9.17) is 21.7 Å². The number of hydrogen-bond acceptors (Lipinski definition) is 6. The maximum Gasteiger partial charge on any atom is 0.153 e. The van der Waals surface area contributed by atoms with Gasteiger partial charge in [-0.15, -0.1) is 0 Å². The van der Waals surface area contributed by atoms with E-state index in [-0.39, 0.29) is 28.6 Å². The van der Waals surface area contributed by atoms with Crippen LogP contribution in [-0.4, -0.2) is 22.8 Å². The number of phenolic OH excluding ortho intramolecular Hbond substituents is 2. The summed E-state index contributed by atoms with van der Waals surface area (Å²) in [5.41, 5.74) is 12.7. The van der Waals surface area contributed by atoms with Crippen LogP contribution >= 0.6 is 0 Å². The van der Waals surface area contributed by atoms with Gasteiger partial charge in [0.2, 0.25) is 0 Å². The topological polar surface area (TPSA) is 127 Å². The number of nitrogens with two attached hydrogens (primary N) is 2. The minimum atomic E-state index is 0. The van der Waals surface area contributed by atoms with Crippen molar-refractivity contribution in [1.29, 1.82) is 0 Å². The molecule has 0 fully saturated rings. The van der Waals surface area contributed by atoms with Crippen LogP contribution in [0.1, 0.15) is 20.7 Å². The van der Waals surface area contributed by atoms with Crippen molar-refractivity contribution in [3.05, 3.63) is 83.9 Å². The van der Waals surface area contributed by atoms with Crippen LogP contribution in [0.3, 0.4) is 0 Å². The van der Waals surface area contributed by atoms with Gasteiger partial charge >= 0.3 is 0 Å². The van der Waals surface area contributed by atoms with Crippen LogP contribution in [0.2, 0.25) is 0 Å². The summed E-state index contributed by atoms with van der Waals surface area (Å²) < 4.78 is 0. The van der Waals surface area contributed by atoms with Gasteiger partial charge in [0.15, 0.2) is 12.6 Å². The molecule has 0 saturated heterocycles. The third kappa shape index (κ3) is 8.58. The SMILES string of the molecule is Nc1ccccc1N.O=Cc1ccccc1O.O=Cc1ccccc1O.[Fe]. The van der Waals surface area contributed by atoms with E-state index in [1.807, 2.05) is 12.1 Å². The van der Waals surface area contributed by atoms with Crippen molar-refractivity contribution < 1.29 is 36.9 Å². The second-order valence-electron chi connectivity index (χ2n) is 4.98. The number of para-hydroxylation sites is 4. The summed E-state index contributed by atoms with van der Waals surface area (Å²) in [6.45, 7) is 0. The van der Waals surface area contributed by atoms with Gasteiger partial charge in [0, 0.05) is 17.1 Å². The van der Waals surface area contributed by atoms with Crippen molar-refractivity contribution in [3.63, 3.8) is 0 Å². The number of carbonyl (C=O) groups is 2. The minimum Gasteiger partial charge on any atom is -0.507 e. The van der Waals surface area contributed by atoms with E-state index < -0.39 is 0 Å². The Hall–Kier alpha value is -3.28. The Balaban J connectivity index is 0.000000369. The van der Waals surface area contributed by atoms with Crippen LogP contribution in [-0.2, 0) is 17.1 Å². The van der Waals surface area contributed by atoms with E-state index in [2.05, 4.69) is 0 Å². The van der Waals surface area contributed by atoms with E-state index in [0.29, 0.717) is 35.1 Å². The summed E-state index contributed by atoms with van der Waals surface area (Å²) in [4.78, 5) is 20.1. The maximum atomic E-state index is 10.1. The molecule has 3 aromatic rings. The van der Waals surface area contributed by atoms with Crippen LogP contribution in [0.4, 0.5) is 11.4 Å². The largest absolute Gasteiger partial charge is 0.507 e. The average Bonchev–Trinajstić information content (AvgIpc) is 2.66. The Bertz CT molecular complexity index is 786. The summed E-state index contributed by atoms with van der Waals surface area (Å²) in [7, 11) is 0. The van der Waals surface area contributed by atoms with Gasteiger partial charge in [0.25, 0.3) is 0 Å². The Morgan fingerprint density at radius 3 is 1.11 bits per heavy atom. The second-order valence-corrected chi connectivity index (χ2v) is 4.98. The summed E-state index contributed by atoms with van der Waals surface area (Å²) in [6, 6.07) is 20.1. The quantitative estimate of drug-likeness (QED) is 0.293. The first-order chi connectivity index (χ1) is 12.5. The molecule has 0 aliphatic rings. The molecule has 0 saturated carbocycles. The molecule has 27 heavy (non-hydrogen) atoms. The van der Waals surface area contributed by atoms with Gasteiger partial charge in [-0.1, -0.05) is 36.4 Å². The van der Waals surface area contributed by atoms with E-state index >= 15 is 0 Å². The van der Waals surface area contributed by atoms with Gasteiger partial charge in [-0.05, 0) is 36.4 Å². The summed E-state index contributed by atoms with van der Waals surface area (Å²) in [6.07, 6.45) is 1.24. The third-order valence-electron chi connectivity index (χ3n) is 3.12. The molecule has 0 heterocycles. The molecule has 6 N–H and O–H groups in total. The minimum absolute atomic E-state index is 0. The molecule has 0 atom stereocenters. The monoisotopic (exact) mass is 408 g/mol. The molecule has 6 nitrogen and oxygen atoms in total. The molecule has 3 rings (SSSR count). The molecule has 0 amide bonds. The van der Waals surface area contributed by atoms with Gasteiger partial charge in [0.05, 0.1) is 22.5 Å². The van der Waals surface area contributed by atoms with Gasteiger partial charge in [-0.2, -0.15) is 0 Å². The zero-order chi connectivity index (χ0) is 19.4. The Labute approximate surface area is 167 Å². The number of aldehydes is 2. The first-order valence-corrected chi connectivity index (χ1v) is 7.56. The molecule has 0 unspecified atom stereocenters. The van der Waals surface area contributed by atoms with E-state index in [1.165, 1.54) is 12.1 Å². The molecule has 0 aliphatic heterocycles. The molecule has 7 heteroatoms. The fraction of sp³-hybridized carbons (Fsp3) is 0. The van der Waals surface area contributed by atoms with Crippen molar-refractivity contribution in [3.8, 4) is 11.5 Å². The smallest absolute Gasteiger partial charge is 0.153 e. The predicted octanol–water partition coefficient (Wildman–Crippen LogP) is 3.26. The first-order valence-electron chi connectivity index (χ1n) is 7.56. The van der Waals surface area contributed by atoms with Gasteiger partial charge in [-0.3, -0.25) is 9.59 Å². The zero-order valence-corrected chi connectivity index (χ0v) is 15.4. The van der Waals surface area contributed by atoms with Crippen molar-refractivity contribution in [2.24, 2.45) is 0 Å². The number of benzene rings is 3. The van der Waals surface area contributed by atoms with Crippen molar-refractivity contribution >= 4 is 23.9 Å². The normalized spacial score (nSPS) is 8.59. The molecule has 0 spiro atoms. The van der Waals surface area contributed by atoms with E-state index in [1.54, 1.807) is 48.5 Å². The molecular weight excluding hydrogens is 388 g/mol. The molecule has 0 radical (unpaired) electrons. The van der Waals surface area contributed by atoms with Crippen LogP contribution in [0.15, 0.2) is 72.8 Å². The average molecular weight is 408 g/mol. The molecular formula is C20H20FeN2O4. The summed E-state index contributed by atoms with van der Waals surface area (Å²) in [5, 5.41) is 17.8. The van der Waals surface area contributed by atoms with Crippen LogP contribution in [0, 0.1) is 0 Å². The molecule has 0 bridgehead atoms. The fourth-order valence-corrected chi connectivity index (χ4v) is 1.69. The fourth-order valence-electron chi connectivity index (χ4n) is 1.69. The van der Waals surface area contributed by atoms with Crippen molar-refractivity contribution in [2.75, 3.05) is 11.5 Å². The van der Waals surface area contributed by atoms with E-state index in [0.717, 1.165) is 0 Å². The standard InChI is InChI=1S/2C7H6O2.C6H8N2.Fe/c2*8-5-6-3-1-2-4-7(6)9;7-5-3-1-2-4-6(5)8;/h2*1-5,9H;1-4H,7-8H2;. The predicted molar refractivity (Wildman–Crippen MR) is 102 cm³/mol. The Morgan fingerprint density at radius 1 is 0.593 bits per heavy atom. The van der Waals surface area contributed by atoms with Crippen LogP contribution < -0.4 is 11.5 Å². The number of anilines is 2. The van der Waals surface area contributed by atoms with Crippen LogP contribution in [0.25, 0.3) is 0 Å². The van der Waals surface area contributed by atoms with Crippen molar-refractivity contribution in [1.82, 2.24) is 0 Å². The van der Waals surface area contributed by atoms with Gasteiger partial charge in [0.1, 0.15) is 11.5 Å². The molecule has 0 aromatic heterocycles. The van der Waals surface area contributed by atoms with Gasteiger partial charge < -0.3 is 21.7 Å². The first kappa shape index (κ1) is 23.7. The number of nitrogen functional groups attached to an aromatic ring is 2. The number of rotatable bonds is 2. The number of phenols is 2. The molecule has 3 aromatic carbocycles. The molecule has 142 valence electrons. The summed E-state index contributed by atoms with van der Waals surface area (Å²) >= 11 is 0. The second kappa shape index (κ2) is 13.0. The number of hydrogen-bond donors (Lipinski definition) is 4. The number of aromatic hydroxyl groups is 2. The summed E-state index contributed by atoms with van der Waals surface area (Å²) in [5.74, 6) is 0.0694. The third-order valence-corrected chi connectivity index (χ3v) is 3.12. The maximum absolute atomic E-state index is 10.1. The Kier molecular flexibility index (Phi) is 11.4. The van der Waals surface area contributed by atoms with Gasteiger partial charge in [-0.25, -0.2) is 0 Å².